The molecule has 1 aromatic heterocycles. The lowest BCUT2D eigenvalue weighted by atomic mass is 10.1. The summed E-state index contributed by atoms with van der Waals surface area (Å²) in [6.07, 6.45) is 0. The van der Waals surface area contributed by atoms with Gasteiger partial charge in [-0.15, -0.1) is 0 Å². The standard InChI is InChI=1S/C11H7NO5/c1-6(13)9-5-7-4-8(12(15)16)2-3-10(7)17-11(9)14/h2-5H,1H3. The number of benzene rings is 1. The summed E-state index contributed by atoms with van der Waals surface area (Å²) in [7, 11) is 0. The fraction of sp³-hybridized carbons (Fsp3) is 0.0909. The maximum Gasteiger partial charge on any atom is 0.347 e. The van der Waals surface area contributed by atoms with E-state index in [0.29, 0.717) is 5.39 Å². The number of nitro groups is 1. The lowest BCUT2D eigenvalue weighted by molar-refractivity contribution is -0.384. The molecule has 0 aliphatic rings. The van der Waals surface area contributed by atoms with E-state index in [-0.39, 0.29) is 16.8 Å². The van der Waals surface area contributed by atoms with E-state index in [1.807, 2.05) is 0 Å². The Hall–Kier alpha value is -2.50. The van der Waals surface area contributed by atoms with Crippen LogP contribution in [0, 0.1) is 10.1 Å². The third-order valence-electron chi connectivity index (χ3n) is 2.31. The van der Waals surface area contributed by atoms with Gasteiger partial charge in [-0.1, -0.05) is 0 Å². The zero-order valence-electron chi connectivity index (χ0n) is 8.80. The molecule has 0 N–H and O–H groups in total. The van der Waals surface area contributed by atoms with Crippen LogP contribution in [0.5, 0.6) is 0 Å². The SMILES string of the molecule is CC(=O)c1cc2cc([N+](=O)[O-])ccc2oc1=O. The summed E-state index contributed by atoms with van der Waals surface area (Å²) in [5.74, 6) is -0.438. The highest BCUT2D eigenvalue weighted by atomic mass is 16.6. The minimum atomic E-state index is -0.737. The molecule has 0 saturated carbocycles. The van der Waals surface area contributed by atoms with Gasteiger partial charge in [0.2, 0.25) is 0 Å². The van der Waals surface area contributed by atoms with E-state index in [1.54, 1.807) is 0 Å². The summed E-state index contributed by atoms with van der Waals surface area (Å²) in [6.45, 7) is 1.23. The Morgan fingerprint density at radius 2 is 2.06 bits per heavy atom. The number of non-ortho nitro benzene ring substituents is 1. The molecule has 0 aliphatic carbocycles. The van der Waals surface area contributed by atoms with Gasteiger partial charge in [0.05, 0.1) is 4.92 Å². The number of fused-ring (bicyclic) bond motifs is 1. The second kappa shape index (κ2) is 3.82. The van der Waals surface area contributed by atoms with Crippen molar-refractivity contribution in [2.45, 2.75) is 6.92 Å². The maximum atomic E-state index is 11.4. The topological polar surface area (TPSA) is 90.4 Å². The fourth-order valence-electron chi connectivity index (χ4n) is 1.47. The molecule has 2 rings (SSSR count). The largest absolute Gasteiger partial charge is 0.422 e. The first kappa shape index (κ1) is 11.0. The van der Waals surface area contributed by atoms with Crippen molar-refractivity contribution in [2.75, 3.05) is 0 Å². The van der Waals surface area contributed by atoms with Crippen LogP contribution < -0.4 is 5.63 Å². The van der Waals surface area contributed by atoms with Crippen molar-refractivity contribution in [2.24, 2.45) is 0 Å². The molecule has 0 unspecified atom stereocenters. The van der Waals surface area contributed by atoms with Crippen molar-refractivity contribution < 1.29 is 14.1 Å². The van der Waals surface area contributed by atoms with Crippen molar-refractivity contribution >= 4 is 22.4 Å². The lowest BCUT2D eigenvalue weighted by Crippen LogP contribution is -2.10. The third kappa shape index (κ3) is 1.92. The molecule has 0 atom stereocenters. The van der Waals surface area contributed by atoms with Gasteiger partial charge < -0.3 is 4.42 Å². The quantitative estimate of drug-likeness (QED) is 0.342. The van der Waals surface area contributed by atoms with Crippen LogP contribution in [0.3, 0.4) is 0 Å². The van der Waals surface area contributed by atoms with Gasteiger partial charge in [-0.05, 0) is 19.1 Å². The summed E-state index contributed by atoms with van der Waals surface area (Å²) in [6, 6.07) is 5.12. The Morgan fingerprint density at radius 3 is 2.65 bits per heavy atom. The molecule has 1 aromatic carbocycles. The molecule has 0 aliphatic heterocycles. The number of nitrogens with zero attached hydrogens (tertiary/aromatic N) is 1. The van der Waals surface area contributed by atoms with Gasteiger partial charge >= 0.3 is 5.63 Å². The summed E-state index contributed by atoms with van der Waals surface area (Å²) < 4.78 is 4.89. The van der Waals surface area contributed by atoms with E-state index in [2.05, 4.69) is 0 Å². The van der Waals surface area contributed by atoms with Crippen molar-refractivity contribution in [3.8, 4) is 0 Å². The van der Waals surface area contributed by atoms with Gasteiger partial charge in [-0.2, -0.15) is 0 Å². The number of ketones is 1. The van der Waals surface area contributed by atoms with Gasteiger partial charge in [-0.25, -0.2) is 4.79 Å². The van der Waals surface area contributed by atoms with Gasteiger partial charge in [0.25, 0.3) is 5.69 Å². The molecular formula is C11H7NO5. The normalized spacial score (nSPS) is 10.4. The third-order valence-corrected chi connectivity index (χ3v) is 2.31. The van der Waals surface area contributed by atoms with Gasteiger partial charge in [0.1, 0.15) is 11.1 Å². The average Bonchev–Trinajstić information content (AvgIpc) is 2.27. The zero-order valence-corrected chi connectivity index (χ0v) is 8.80. The fourth-order valence-corrected chi connectivity index (χ4v) is 1.47. The molecule has 0 spiro atoms. The molecule has 0 saturated heterocycles. The summed E-state index contributed by atoms with van der Waals surface area (Å²) in [5.41, 5.74) is -0.761. The predicted octanol–water partition coefficient (Wildman–Crippen LogP) is 1.90. The predicted molar refractivity (Wildman–Crippen MR) is 59.1 cm³/mol. The highest BCUT2D eigenvalue weighted by Crippen LogP contribution is 2.20. The number of hydrogen-bond donors (Lipinski definition) is 0. The molecule has 0 amide bonds. The molecule has 6 nitrogen and oxygen atoms in total. The number of rotatable bonds is 2. The number of carbonyl (C=O) groups excluding carboxylic acids is 1. The van der Waals surface area contributed by atoms with Gasteiger partial charge in [-0.3, -0.25) is 14.9 Å². The number of nitro benzene ring substituents is 1. The zero-order chi connectivity index (χ0) is 12.6. The monoisotopic (exact) mass is 233 g/mol. The molecule has 0 fully saturated rings. The maximum absolute atomic E-state index is 11.4. The minimum absolute atomic E-state index is 0.113. The van der Waals surface area contributed by atoms with Crippen molar-refractivity contribution in [3.63, 3.8) is 0 Å². The lowest BCUT2D eigenvalue weighted by Gasteiger charge is -1.98. The van der Waals surface area contributed by atoms with Gasteiger partial charge in [0, 0.05) is 17.5 Å². The highest BCUT2D eigenvalue weighted by molar-refractivity contribution is 5.96. The van der Waals surface area contributed by atoms with E-state index >= 15 is 0 Å². The Morgan fingerprint density at radius 1 is 1.35 bits per heavy atom. The van der Waals surface area contributed by atoms with E-state index in [9.17, 15) is 19.7 Å². The van der Waals surface area contributed by atoms with E-state index in [1.165, 1.54) is 31.2 Å². The summed E-state index contributed by atoms with van der Waals surface area (Å²) >= 11 is 0. The molecule has 17 heavy (non-hydrogen) atoms. The van der Waals surface area contributed by atoms with Crippen LogP contribution in [-0.4, -0.2) is 10.7 Å². The van der Waals surface area contributed by atoms with Crippen LogP contribution in [0.15, 0.2) is 33.5 Å². The molecule has 2 aromatic rings. The second-order valence-electron chi connectivity index (χ2n) is 3.48. The molecule has 86 valence electrons. The first-order chi connectivity index (χ1) is 7.99. The van der Waals surface area contributed by atoms with Crippen molar-refractivity contribution in [1.29, 1.82) is 0 Å². The van der Waals surface area contributed by atoms with E-state index in [4.69, 9.17) is 4.42 Å². The summed E-state index contributed by atoms with van der Waals surface area (Å²) in [4.78, 5) is 32.5. The van der Waals surface area contributed by atoms with E-state index < -0.39 is 16.3 Å². The van der Waals surface area contributed by atoms with Crippen molar-refractivity contribution in [3.05, 3.63) is 50.4 Å². The highest BCUT2D eigenvalue weighted by Gasteiger charge is 2.12. The van der Waals surface area contributed by atoms with Gasteiger partial charge in [0.15, 0.2) is 5.78 Å². The Labute approximate surface area is 94.6 Å². The van der Waals surface area contributed by atoms with Crippen LogP contribution in [-0.2, 0) is 0 Å². The second-order valence-corrected chi connectivity index (χ2v) is 3.48. The van der Waals surface area contributed by atoms with Crippen LogP contribution in [0.1, 0.15) is 17.3 Å². The van der Waals surface area contributed by atoms with Crippen LogP contribution in [0.2, 0.25) is 0 Å². The Balaban J connectivity index is 2.77. The van der Waals surface area contributed by atoms with Crippen LogP contribution in [0.25, 0.3) is 11.0 Å². The average molecular weight is 233 g/mol. The minimum Gasteiger partial charge on any atom is -0.422 e. The van der Waals surface area contributed by atoms with E-state index in [0.717, 1.165) is 0 Å². The molecule has 1 heterocycles. The van der Waals surface area contributed by atoms with Crippen molar-refractivity contribution in [1.82, 2.24) is 0 Å². The molecular weight excluding hydrogens is 226 g/mol. The molecule has 6 heteroatoms. The van der Waals surface area contributed by atoms with Crippen LogP contribution >= 0.6 is 0 Å². The number of carbonyl (C=O) groups is 1. The number of Topliss-reactive ketones (excluding diaryl/α,β-unsaturated/α-hetero) is 1. The number of hydrogen-bond acceptors (Lipinski definition) is 5. The first-order valence-corrected chi connectivity index (χ1v) is 4.72. The Bertz CT molecular complexity index is 686. The van der Waals surface area contributed by atoms with Crippen LogP contribution in [0.4, 0.5) is 5.69 Å². The smallest absolute Gasteiger partial charge is 0.347 e. The molecule has 0 bridgehead atoms. The summed E-state index contributed by atoms with van der Waals surface area (Å²) in [5, 5.41) is 10.9. The molecule has 0 radical (unpaired) electrons. The Kier molecular flexibility index (Phi) is 2.47. The first-order valence-electron chi connectivity index (χ1n) is 4.72.